The van der Waals surface area contributed by atoms with Gasteiger partial charge in [-0.2, -0.15) is 0 Å². The zero-order valence-corrected chi connectivity index (χ0v) is 21.3. The molecule has 0 fully saturated rings. The van der Waals surface area contributed by atoms with E-state index in [0.717, 1.165) is 45.2 Å². The zero-order valence-electron chi connectivity index (χ0n) is 20.5. The average molecular weight is 497 g/mol. The number of nitrogens with zero attached hydrogens (tertiary/aromatic N) is 4. The van der Waals surface area contributed by atoms with E-state index in [-0.39, 0.29) is 23.5 Å². The van der Waals surface area contributed by atoms with E-state index in [0.29, 0.717) is 17.5 Å². The van der Waals surface area contributed by atoms with Crippen LogP contribution in [-0.2, 0) is 30.9 Å². The number of ether oxygens (including phenoxy) is 1. The smallest absolute Gasteiger partial charge is 0.236 e. The van der Waals surface area contributed by atoms with Crippen molar-refractivity contribution in [3.8, 4) is 5.75 Å². The van der Waals surface area contributed by atoms with Crippen molar-refractivity contribution in [1.29, 1.82) is 0 Å². The summed E-state index contributed by atoms with van der Waals surface area (Å²) in [6.07, 6.45) is 5.28. The van der Waals surface area contributed by atoms with Crippen molar-refractivity contribution in [2.24, 2.45) is 0 Å². The number of carbonyl (C=O) groups is 1. The van der Waals surface area contributed by atoms with Crippen LogP contribution in [0.4, 0.5) is 4.39 Å². The topological polar surface area (TPSA) is 60.2 Å². The number of hydrogen-bond donors (Lipinski definition) is 0. The van der Waals surface area contributed by atoms with Gasteiger partial charge < -0.3 is 14.2 Å². The first-order valence-corrected chi connectivity index (χ1v) is 13.3. The Morgan fingerprint density at radius 1 is 1.09 bits per heavy atom. The number of unbranched alkanes of at least 4 members (excludes halogenated alkanes) is 3. The summed E-state index contributed by atoms with van der Waals surface area (Å²) >= 11 is 1.43. The largest absolute Gasteiger partial charge is 0.483 e. The predicted octanol–water partition coefficient (Wildman–Crippen LogP) is 5.64. The van der Waals surface area contributed by atoms with Crippen molar-refractivity contribution >= 4 is 17.7 Å². The lowest BCUT2D eigenvalue weighted by Crippen LogP contribution is -2.40. The van der Waals surface area contributed by atoms with Crippen LogP contribution in [0.5, 0.6) is 5.75 Å². The van der Waals surface area contributed by atoms with Gasteiger partial charge in [0.05, 0.1) is 5.25 Å². The Bertz CT molecular complexity index is 1140. The Balaban J connectivity index is 1.44. The van der Waals surface area contributed by atoms with Crippen LogP contribution in [0, 0.1) is 5.82 Å². The number of thioether (sulfide) groups is 1. The molecule has 186 valence electrons. The van der Waals surface area contributed by atoms with Crippen LogP contribution in [0.2, 0.25) is 0 Å². The number of para-hydroxylation sites is 1. The maximum atomic E-state index is 14.0. The lowest BCUT2D eigenvalue weighted by Gasteiger charge is -2.30. The summed E-state index contributed by atoms with van der Waals surface area (Å²) in [6.45, 7) is 6.34. The summed E-state index contributed by atoms with van der Waals surface area (Å²) in [5.74, 6) is 0.530. The quantitative estimate of drug-likeness (QED) is 0.254. The minimum Gasteiger partial charge on any atom is -0.483 e. The molecule has 0 bridgehead atoms. The monoisotopic (exact) mass is 496 g/mol. The molecule has 6 nitrogen and oxygen atoms in total. The SMILES string of the molecule is CCCCCCn1c(COc2ccccc2F)nnc1S[C@@H](C)C(=O)N1CCc2ccccc2C1. The number of rotatable bonds is 11. The lowest BCUT2D eigenvalue weighted by atomic mass is 10.00. The highest BCUT2D eigenvalue weighted by Crippen LogP contribution is 2.27. The van der Waals surface area contributed by atoms with Crippen molar-refractivity contribution < 1.29 is 13.9 Å². The molecule has 35 heavy (non-hydrogen) atoms. The van der Waals surface area contributed by atoms with Gasteiger partial charge in [-0.3, -0.25) is 4.79 Å². The highest BCUT2D eigenvalue weighted by molar-refractivity contribution is 8.00. The molecule has 8 heteroatoms. The number of aromatic nitrogens is 3. The van der Waals surface area contributed by atoms with Crippen molar-refractivity contribution in [1.82, 2.24) is 19.7 Å². The second kappa shape index (κ2) is 12.2. The normalized spacial score (nSPS) is 14.0. The number of fused-ring (bicyclic) bond motifs is 1. The molecule has 1 aliphatic rings. The van der Waals surface area contributed by atoms with Gasteiger partial charge in [-0.05, 0) is 43.0 Å². The van der Waals surface area contributed by atoms with Crippen LogP contribution < -0.4 is 4.74 Å². The summed E-state index contributed by atoms with van der Waals surface area (Å²) in [5, 5.41) is 9.13. The van der Waals surface area contributed by atoms with Gasteiger partial charge in [-0.15, -0.1) is 10.2 Å². The molecule has 0 radical (unpaired) electrons. The molecule has 1 amide bonds. The number of benzene rings is 2. The third kappa shape index (κ3) is 6.42. The van der Waals surface area contributed by atoms with Gasteiger partial charge in [0.2, 0.25) is 5.91 Å². The standard InChI is InChI=1S/C27H33FN4O2S/c1-3-4-5-10-16-32-25(19-34-24-14-9-8-13-23(24)28)29-30-27(32)35-20(2)26(33)31-17-15-21-11-6-7-12-22(21)18-31/h6-9,11-14,20H,3-5,10,15-19H2,1-2H3/t20-/m0/s1. The molecular weight excluding hydrogens is 463 g/mol. The minimum atomic E-state index is -0.404. The molecule has 3 aromatic rings. The highest BCUT2D eigenvalue weighted by atomic mass is 32.2. The van der Waals surface area contributed by atoms with E-state index in [9.17, 15) is 9.18 Å². The van der Waals surface area contributed by atoms with E-state index in [1.165, 1.54) is 29.0 Å². The molecule has 1 aliphatic heterocycles. The molecule has 0 saturated heterocycles. The van der Waals surface area contributed by atoms with Crippen molar-refractivity contribution in [3.05, 3.63) is 71.3 Å². The summed E-state index contributed by atoms with van der Waals surface area (Å²) in [5.41, 5.74) is 2.54. The Kier molecular flexibility index (Phi) is 8.79. The van der Waals surface area contributed by atoms with Gasteiger partial charge in [0.25, 0.3) is 0 Å². The molecule has 2 aromatic carbocycles. The lowest BCUT2D eigenvalue weighted by molar-refractivity contribution is -0.131. The number of halogens is 1. The van der Waals surface area contributed by atoms with Crippen LogP contribution in [-0.4, -0.2) is 37.4 Å². The first kappa shape index (κ1) is 25.2. The first-order chi connectivity index (χ1) is 17.1. The summed E-state index contributed by atoms with van der Waals surface area (Å²) in [6, 6.07) is 14.7. The zero-order chi connectivity index (χ0) is 24.6. The number of hydrogen-bond acceptors (Lipinski definition) is 5. The third-order valence-corrected chi connectivity index (χ3v) is 7.36. The van der Waals surface area contributed by atoms with Crippen molar-refractivity contribution in [3.63, 3.8) is 0 Å². The molecule has 1 aromatic heterocycles. The summed E-state index contributed by atoms with van der Waals surface area (Å²) in [4.78, 5) is 15.2. The molecule has 0 N–H and O–H groups in total. The molecule has 4 rings (SSSR count). The fourth-order valence-electron chi connectivity index (χ4n) is 4.29. The van der Waals surface area contributed by atoms with E-state index in [1.54, 1.807) is 18.2 Å². The molecular formula is C27H33FN4O2S. The van der Waals surface area contributed by atoms with E-state index >= 15 is 0 Å². The van der Waals surface area contributed by atoms with Gasteiger partial charge in [-0.25, -0.2) is 4.39 Å². The summed E-state index contributed by atoms with van der Waals surface area (Å²) in [7, 11) is 0. The maximum absolute atomic E-state index is 14.0. The number of carbonyl (C=O) groups excluding carboxylic acids is 1. The van der Waals surface area contributed by atoms with Crippen LogP contribution in [0.1, 0.15) is 56.5 Å². The Hall–Kier alpha value is -2.87. The fraction of sp³-hybridized carbons (Fsp3) is 0.444. The second-order valence-corrected chi connectivity index (χ2v) is 10.2. The molecule has 0 aliphatic carbocycles. The summed E-state index contributed by atoms with van der Waals surface area (Å²) < 4.78 is 21.7. The Labute approximate surface area is 210 Å². The maximum Gasteiger partial charge on any atom is 0.236 e. The van der Waals surface area contributed by atoms with E-state index in [4.69, 9.17) is 4.74 Å². The Morgan fingerprint density at radius 3 is 2.66 bits per heavy atom. The molecule has 0 spiro atoms. The van der Waals surface area contributed by atoms with Crippen LogP contribution in [0.15, 0.2) is 53.7 Å². The molecule has 2 heterocycles. The second-order valence-electron chi connectivity index (χ2n) is 8.87. The van der Waals surface area contributed by atoms with Crippen molar-refractivity contribution in [2.45, 2.75) is 76.1 Å². The van der Waals surface area contributed by atoms with Gasteiger partial charge in [0.1, 0.15) is 6.61 Å². The van der Waals surface area contributed by atoms with Crippen LogP contribution in [0.25, 0.3) is 0 Å². The van der Waals surface area contributed by atoms with Gasteiger partial charge in [0.15, 0.2) is 22.5 Å². The molecule has 0 unspecified atom stereocenters. The molecule has 1 atom stereocenters. The van der Waals surface area contributed by atoms with Crippen LogP contribution in [0.3, 0.4) is 0 Å². The highest BCUT2D eigenvalue weighted by Gasteiger charge is 2.27. The van der Waals surface area contributed by atoms with Gasteiger partial charge in [-0.1, -0.05) is 74.3 Å². The minimum absolute atomic E-state index is 0.106. The fourth-order valence-corrected chi connectivity index (χ4v) is 5.27. The first-order valence-electron chi connectivity index (χ1n) is 12.4. The van der Waals surface area contributed by atoms with Crippen LogP contribution >= 0.6 is 11.8 Å². The van der Waals surface area contributed by atoms with Gasteiger partial charge in [0, 0.05) is 19.6 Å². The predicted molar refractivity (Wildman–Crippen MR) is 136 cm³/mol. The van der Waals surface area contributed by atoms with E-state index < -0.39 is 5.82 Å². The number of amides is 1. The van der Waals surface area contributed by atoms with E-state index in [1.807, 2.05) is 22.5 Å². The average Bonchev–Trinajstić information content (AvgIpc) is 3.26. The van der Waals surface area contributed by atoms with Gasteiger partial charge >= 0.3 is 0 Å². The Morgan fingerprint density at radius 2 is 1.86 bits per heavy atom. The van der Waals surface area contributed by atoms with E-state index in [2.05, 4.69) is 35.3 Å². The van der Waals surface area contributed by atoms with Crippen molar-refractivity contribution in [2.75, 3.05) is 6.54 Å². The third-order valence-electron chi connectivity index (χ3n) is 6.29. The molecule has 0 saturated carbocycles.